The van der Waals surface area contributed by atoms with Crippen LogP contribution in [0.1, 0.15) is 27.9 Å². The van der Waals surface area contributed by atoms with Gasteiger partial charge < -0.3 is 10.8 Å². The Morgan fingerprint density at radius 1 is 1.53 bits per heavy atom. The Labute approximate surface area is 89.2 Å². The van der Waals surface area contributed by atoms with E-state index in [0.717, 1.165) is 17.5 Å². The van der Waals surface area contributed by atoms with E-state index in [9.17, 15) is 4.79 Å². The highest BCUT2D eigenvalue weighted by Gasteiger charge is 2.07. The van der Waals surface area contributed by atoms with Crippen LogP contribution in [0.15, 0.2) is 24.3 Å². The Morgan fingerprint density at radius 3 is 2.87 bits per heavy atom. The van der Waals surface area contributed by atoms with Crippen LogP contribution in [0.3, 0.4) is 0 Å². The maximum atomic E-state index is 10.9. The van der Waals surface area contributed by atoms with Crippen molar-refractivity contribution in [2.45, 2.75) is 13.3 Å². The normalized spacial score (nSPS) is 10.8. The summed E-state index contributed by atoms with van der Waals surface area (Å²) < 4.78 is 0. The SMILES string of the molecule is Cc1ccc(C=CCCN)c(C(=O)O)c1. The molecule has 3 heteroatoms. The fraction of sp³-hybridized carbons (Fsp3) is 0.250. The lowest BCUT2D eigenvalue weighted by Gasteiger charge is -2.02. The van der Waals surface area contributed by atoms with Crippen molar-refractivity contribution in [3.8, 4) is 0 Å². The summed E-state index contributed by atoms with van der Waals surface area (Å²) in [5.74, 6) is -0.897. The Balaban J connectivity index is 3.01. The number of hydrogen-bond acceptors (Lipinski definition) is 2. The molecule has 1 aromatic carbocycles. The second-order valence-corrected chi connectivity index (χ2v) is 3.38. The van der Waals surface area contributed by atoms with Crippen LogP contribution in [-0.2, 0) is 0 Å². The molecule has 0 atom stereocenters. The molecule has 0 heterocycles. The van der Waals surface area contributed by atoms with E-state index in [1.165, 1.54) is 0 Å². The standard InChI is InChI=1S/C12H15NO2/c1-9-5-6-10(4-2-3-7-13)11(8-9)12(14)15/h2,4-6,8H,3,7,13H2,1H3,(H,14,15). The van der Waals surface area contributed by atoms with Crippen LogP contribution in [0, 0.1) is 6.92 Å². The third-order valence-corrected chi connectivity index (χ3v) is 2.07. The van der Waals surface area contributed by atoms with Gasteiger partial charge in [0.1, 0.15) is 0 Å². The second kappa shape index (κ2) is 5.32. The summed E-state index contributed by atoms with van der Waals surface area (Å²) in [7, 11) is 0. The highest BCUT2D eigenvalue weighted by molar-refractivity contribution is 5.92. The van der Waals surface area contributed by atoms with Crippen molar-refractivity contribution in [2.24, 2.45) is 5.73 Å². The molecule has 0 fully saturated rings. The fourth-order valence-electron chi connectivity index (χ4n) is 1.31. The van der Waals surface area contributed by atoms with Gasteiger partial charge in [0.25, 0.3) is 0 Å². The molecule has 0 bridgehead atoms. The average Bonchev–Trinajstić information content (AvgIpc) is 2.20. The molecule has 0 amide bonds. The van der Waals surface area contributed by atoms with Gasteiger partial charge in [-0.15, -0.1) is 0 Å². The lowest BCUT2D eigenvalue weighted by Crippen LogP contribution is -2.00. The Bertz CT molecular complexity index is 383. The molecule has 0 spiro atoms. The van der Waals surface area contributed by atoms with Crippen LogP contribution in [0.5, 0.6) is 0 Å². The molecule has 3 N–H and O–H groups in total. The van der Waals surface area contributed by atoms with Gasteiger partial charge in [-0.25, -0.2) is 4.79 Å². The van der Waals surface area contributed by atoms with E-state index in [4.69, 9.17) is 10.8 Å². The molecule has 0 aliphatic heterocycles. The van der Waals surface area contributed by atoms with Crippen molar-refractivity contribution in [3.63, 3.8) is 0 Å². The largest absolute Gasteiger partial charge is 0.478 e. The maximum absolute atomic E-state index is 10.9. The van der Waals surface area contributed by atoms with Gasteiger partial charge in [0.15, 0.2) is 0 Å². The van der Waals surface area contributed by atoms with Gasteiger partial charge in [0, 0.05) is 0 Å². The lowest BCUT2D eigenvalue weighted by molar-refractivity contribution is 0.0696. The predicted octanol–water partition coefficient (Wildman–Crippen LogP) is 2.06. The number of rotatable bonds is 4. The predicted molar refractivity (Wildman–Crippen MR) is 60.8 cm³/mol. The first-order valence-corrected chi connectivity index (χ1v) is 4.85. The van der Waals surface area contributed by atoms with Crippen molar-refractivity contribution < 1.29 is 9.90 Å². The number of aryl methyl sites for hydroxylation is 1. The van der Waals surface area contributed by atoms with E-state index in [0.29, 0.717) is 12.1 Å². The van der Waals surface area contributed by atoms with Crippen molar-refractivity contribution in [2.75, 3.05) is 6.54 Å². The summed E-state index contributed by atoms with van der Waals surface area (Å²) in [6, 6.07) is 5.38. The number of carbonyl (C=O) groups is 1. The minimum atomic E-state index is -0.897. The fourth-order valence-corrected chi connectivity index (χ4v) is 1.31. The molecule has 0 aliphatic rings. The van der Waals surface area contributed by atoms with E-state index in [2.05, 4.69) is 0 Å². The maximum Gasteiger partial charge on any atom is 0.336 e. The smallest absolute Gasteiger partial charge is 0.336 e. The topological polar surface area (TPSA) is 63.3 Å². The summed E-state index contributed by atoms with van der Waals surface area (Å²) in [5.41, 5.74) is 7.35. The van der Waals surface area contributed by atoms with Crippen molar-refractivity contribution in [1.29, 1.82) is 0 Å². The van der Waals surface area contributed by atoms with Crippen LogP contribution in [0.2, 0.25) is 0 Å². The molecule has 0 unspecified atom stereocenters. The minimum absolute atomic E-state index is 0.336. The van der Waals surface area contributed by atoms with Gasteiger partial charge in [-0.2, -0.15) is 0 Å². The highest BCUT2D eigenvalue weighted by Crippen LogP contribution is 2.13. The van der Waals surface area contributed by atoms with E-state index >= 15 is 0 Å². The molecular weight excluding hydrogens is 190 g/mol. The van der Waals surface area contributed by atoms with Gasteiger partial charge in [0.05, 0.1) is 5.56 Å². The third-order valence-electron chi connectivity index (χ3n) is 2.07. The molecule has 1 rings (SSSR count). The van der Waals surface area contributed by atoms with E-state index in [1.54, 1.807) is 12.1 Å². The van der Waals surface area contributed by atoms with Crippen LogP contribution in [-0.4, -0.2) is 17.6 Å². The van der Waals surface area contributed by atoms with Gasteiger partial charge >= 0.3 is 5.97 Å². The third kappa shape index (κ3) is 3.22. The quantitative estimate of drug-likeness (QED) is 0.790. The van der Waals surface area contributed by atoms with Gasteiger partial charge in [-0.05, 0) is 31.5 Å². The Morgan fingerprint density at radius 2 is 2.27 bits per heavy atom. The first-order chi connectivity index (χ1) is 7.15. The van der Waals surface area contributed by atoms with Gasteiger partial charge in [-0.1, -0.05) is 29.8 Å². The summed E-state index contributed by atoms with van der Waals surface area (Å²) in [4.78, 5) is 10.9. The molecule has 15 heavy (non-hydrogen) atoms. The number of hydrogen-bond donors (Lipinski definition) is 2. The van der Waals surface area contributed by atoms with Crippen molar-refractivity contribution in [3.05, 3.63) is 41.0 Å². The Kier molecular flexibility index (Phi) is 4.06. The molecule has 0 aromatic heterocycles. The van der Waals surface area contributed by atoms with Crippen LogP contribution < -0.4 is 5.73 Å². The molecule has 3 nitrogen and oxygen atoms in total. The second-order valence-electron chi connectivity index (χ2n) is 3.38. The number of carboxylic acid groups (broad SMARTS) is 1. The molecular formula is C12H15NO2. The highest BCUT2D eigenvalue weighted by atomic mass is 16.4. The number of benzene rings is 1. The molecule has 0 radical (unpaired) electrons. The Hall–Kier alpha value is -1.61. The minimum Gasteiger partial charge on any atom is -0.478 e. The first kappa shape index (κ1) is 11.5. The summed E-state index contributed by atoms with van der Waals surface area (Å²) in [6.45, 7) is 2.45. The summed E-state index contributed by atoms with van der Waals surface area (Å²) in [6.07, 6.45) is 4.44. The molecule has 80 valence electrons. The summed E-state index contributed by atoms with van der Waals surface area (Å²) >= 11 is 0. The lowest BCUT2D eigenvalue weighted by atomic mass is 10.0. The number of aromatic carboxylic acids is 1. The van der Waals surface area contributed by atoms with Crippen LogP contribution in [0.4, 0.5) is 0 Å². The monoisotopic (exact) mass is 205 g/mol. The van der Waals surface area contributed by atoms with E-state index in [-0.39, 0.29) is 0 Å². The number of carboxylic acids is 1. The van der Waals surface area contributed by atoms with Gasteiger partial charge in [0.2, 0.25) is 0 Å². The first-order valence-electron chi connectivity index (χ1n) is 4.85. The zero-order valence-electron chi connectivity index (χ0n) is 8.73. The molecule has 0 aliphatic carbocycles. The zero-order valence-corrected chi connectivity index (χ0v) is 8.73. The van der Waals surface area contributed by atoms with E-state index < -0.39 is 5.97 Å². The van der Waals surface area contributed by atoms with Gasteiger partial charge in [-0.3, -0.25) is 0 Å². The van der Waals surface area contributed by atoms with Crippen LogP contribution >= 0.6 is 0 Å². The van der Waals surface area contributed by atoms with E-state index in [1.807, 2.05) is 25.1 Å². The number of nitrogens with two attached hydrogens (primary N) is 1. The zero-order chi connectivity index (χ0) is 11.3. The average molecular weight is 205 g/mol. The molecule has 1 aromatic rings. The van der Waals surface area contributed by atoms with Crippen LogP contribution in [0.25, 0.3) is 6.08 Å². The molecule has 0 saturated heterocycles. The molecule has 0 saturated carbocycles. The van der Waals surface area contributed by atoms with Crippen molar-refractivity contribution >= 4 is 12.0 Å². The summed E-state index contributed by atoms with van der Waals surface area (Å²) in [5, 5.41) is 8.99. The van der Waals surface area contributed by atoms with Crippen molar-refractivity contribution in [1.82, 2.24) is 0 Å².